The van der Waals surface area contributed by atoms with Crippen molar-refractivity contribution in [3.05, 3.63) is 54.2 Å². The summed E-state index contributed by atoms with van der Waals surface area (Å²) in [6.07, 6.45) is 3.14. The number of hydrogen-bond donors (Lipinski definition) is 0. The third-order valence-electron chi connectivity index (χ3n) is 7.59. The highest BCUT2D eigenvalue weighted by Gasteiger charge is 2.28. The Labute approximate surface area is 221 Å². The molecule has 1 aliphatic rings. The molecule has 4 aromatic carbocycles. The average Bonchev–Trinajstić information content (AvgIpc) is 2.97. The van der Waals surface area contributed by atoms with Crippen LogP contribution in [0.4, 0.5) is 0 Å². The SMILES string of the molecule is COc1cc2c(cc1OC)-c1cc3c4cc(OC)c(OC)cc4c4cc(OC)c(OC)cc4c3c[n+]1CC2. The maximum absolute atomic E-state index is 5.71. The highest BCUT2D eigenvalue weighted by atomic mass is 16.5. The van der Waals surface area contributed by atoms with Crippen molar-refractivity contribution in [3.8, 4) is 45.8 Å². The Morgan fingerprint density at radius 1 is 0.474 bits per heavy atom. The van der Waals surface area contributed by atoms with E-state index in [1.54, 1.807) is 42.7 Å². The molecule has 0 amide bonds. The third kappa shape index (κ3) is 3.45. The van der Waals surface area contributed by atoms with Crippen molar-refractivity contribution in [3.63, 3.8) is 0 Å². The summed E-state index contributed by atoms with van der Waals surface area (Å²) < 4.78 is 36.3. The van der Waals surface area contributed by atoms with E-state index in [-0.39, 0.29) is 0 Å². The molecule has 0 N–H and O–H groups in total. The number of ether oxygens (including phenoxy) is 6. The molecule has 0 radical (unpaired) electrons. The number of aryl methyl sites for hydroxylation is 2. The molecule has 0 bridgehead atoms. The van der Waals surface area contributed by atoms with Gasteiger partial charge in [-0.2, -0.15) is 4.57 Å². The van der Waals surface area contributed by atoms with Gasteiger partial charge in [-0.15, -0.1) is 0 Å². The predicted octanol–water partition coefficient (Wildman–Crippen LogP) is 5.71. The van der Waals surface area contributed by atoms with Crippen molar-refractivity contribution in [2.24, 2.45) is 0 Å². The number of fused-ring (bicyclic) bond motifs is 9. The molecule has 0 saturated heterocycles. The molecule has 6 rings (SSSR count). The Bertz CT molecular complexity index is 1700. The maximum Gasteiger partial charge on any atom is 0.213 e. The number of nitrogens with zero attached hydrogens (tertiary/aromatic N) is 1. The number of rotatable bonds is 6. The number of methoxy groups -OCH3 is 6. The highest BCUT2D eigenvalue weighted by Crippen LogP contribution is 2.45. The molecule has 2 heterocycles. The molecule has 194 valence electrons. The van der Waals surface area contributed by atoms with Gasteiger partial charge in [-0.3, -0.25) is 0 Å². The van der Waals surface area contributed by atoms with E-state index in [9.17, 15) is 0 Å². The first-order valence-electron chi connectivity index (χ1n) is 12.4. The fourth-order valence-corrected chi connectivity index (χ4v) is 5.70. The summed E-state index contributed by atoms with van der Waals surface area (Å²) in [5.74, 6) is 4.17. The highest BCUT2D eigenvalue weighted by molar-refractivity contribution is 6.26. The molecule has 0 atom stereocenters. The summed E-state index contributed by atoms with van der Waals surface area (Å²) in [5.41, 5.74) is 3.49. The Morgan fingerprint density at radius 3 is 1.34 bits per heavy atom. The Kier molecular flexibility index (Phi) is 5.79. The Morgan fingerprint density at radius 2 is 0.868 bits per heavy atom. The van der Waals surface area contributed by atoms with Gasteiger partial charge in [0.25, 0.3) is 0 Å². The van der Waals surface area contributed by atoms with E-state index < -0.39 is 0 Å². The first-order chi connectivity index (χ1) is 18.5. The monoisotopic (exact) mass is 512 g/mol. The van der Waals surface area contributed by atoms with Crippen LogP contribution in [0.5, 0.6) is 34.5 Å². The molecular formula is C31H30NO6+. The van der Waals surface area contributed by atoms with E-state index in [1.165, 1.54) is 5.56 Å². The fraction of sp³-hybridized carbons (Fsp3) is 0.258. The van der Waals surface area contributed by atoms with Gasteiger partial charge in [0.15, 0.2) is 47.2 Å². The maximum atomic E-state index is 5.71. The molecule has 7 heteroatoms. The van der Waals surface area contributed by atoms with E-state index >= 15 is 0 Å². The first-order valence-corrected chi connectivity index (χ1v) is 12.4. The average molecular weight is 513 g/mol. The van der Waals surface area contributed by atoms with Crippen molar-refractivity contribution in [1.82, 2.24) is 0 Å². The van der Waals surface area contributed by atoms with Gasteiger partial charge >= 0.3 is 0 Å². The van der Waals surface area contributed by atoms with Crippen LogP contribution in [0.25, 0.3) is 43.6 Å². The largest absolute Gasteiger partial charge is 0.493 e. The lowest BCUT2D eigenvalue weighted by Gasteiger charge is -2.20. The molecule has 0 saturated carbocycles. The van der Waals surface area contributed by atoms with Crippen molar-refractivity contribution in [1.29, 1.82) is 0 Å². The van der Waals surface area contributed by atoms with Crippen LogP contribution < -0.4 is 33.0 Å². The lowest BCUT2D eigenvalue weighted by molar-refractivity contribution is -0.686. The van der Waals surface area contributed by atoms with Crippen molar-refractivity contribution < 1.29 is 33.0 Å². The molecule has 5 aromatic rings. The van der Waals surface area contributed by atoms with E-state index in [0.717, 1.165) is 62.3 Å². The first kappa shape index (κ1) is 24.0. The van der Waals surface area contributed by atoms with Gasteiger partial charge in [-0.05, 0) is 58.1 Å². The normalized spacial score (nSPS) is 12.3. The summed E-state index contributed by atoms with van der Waals surface area (Å²) in [4.78, 5) is 0. The number of benzene rings is 4. The van der Waals surface area contributed by atoms with Crippen LogP contribution in [-0.2, 0) is 13.0 Å². The molecule has 0 fully saturated rings. The van der Waals surface area contributed by atoms with Crippen molar-refractivity contribution in [2.75, 3.05) is 42.7 Å². The van der Waals surface area contributed by atoms with Crippen LogP contribution >= 0.6 is 0 Å². The minimum atomic E-state index is 0.671. The molecule has 1 aliphatic heterocycles. The molecular weight excluding hydrogens is 482 g/mol. The standard InChI is InChI=1S/C31H30NO6/c1-33-26-9-17-7-8-32-16-24-19(10-25(32)18(17)11-27(26)34-2)20-12-28(35-3)29(36-4)13-21(20)22-14-30(37-5)31(38-6)15-23(22)24/h9-16H,7-8H2,1-6H3/q+1. The van der Waals surface area contributed by atoms with E-state index in [4.69, 9.17) is 28.4 Å². The zero-order valence-corrected chi connectivity index (χ0v) is 22.4. The summed E-state index contributed by atoms with van der Waals surface area (Å²) in [6.45, 7) is 0.854. The van der Waals surface area contributed by atoms with E-state index in [1.807, 2.05) is 12.1 Å². The van der Waals surface area contributed by atoms with E-state index in [2.05, 4.69) is 41.1 Å². The fourth-order valence-electron chi connectivity index (χ4n) is 5.70. The Hall–Kier alpha value is -4.39. The van der Waals surface area contributed by atoms with Gasteiger partial charge in [0.2, 0.25) is 5.69 Å². The Balaban J connectivity index is 1.77. The van der Waals surface area contributed by atoms with Crippen LogP contribution in [0.15, 0.2) is 48.7 Å². The quantitative estimate of drug-likeness (QED) is 0.215. The minimum Gasteiger partial charge on any atom is -0.493 e. The molecule has 0 spiro atoms. The minimum absolute atomic E-state index is 0.671. The molecule has 0 unspecified atom stereocenters. The van der Waals surface area contributed by atoms with Crippen molar-refractivity contribution >= 4 is 32.3 Å². The lowest BCUT2D eigenvalue weighted by atomic mass is 9.91. The predicted molar refractivity (Wildman–Crippen MR) is 148 cm³/mol. The lowest BCUT2D eigenvalue weighted by Crippen LogP contribution is -2.40. The van der Waals surface area contributed by atoms with E-state index in [0.29, 0.717) is 28.7 Å². The van der Waals surface area contributed by atoms with Crippen LogP contribution in [0, 0.1) is 0 Å². The zero-order chi connectivity index (χ0) is 26.6. The van der Waals surface area contributed by atoms with Crippen LogP contribution in [0.2, 0.25) is 0 Å². The van der Waals surface area contributed by atoms with Gasteiger partial charge < -0.3 is 28.4 Å². The number of aromatic nitrogens is 1. The van der Waals surface area contributed by atoms with Gasteiger partial charge in [-0.1, -0.05) is 0 Å². The molecule has 1 aromatic heterocycles. The van der Waals surface area contributed by atoms with Crippen LogP contribution in [-0.4, -0.2) is 42.7 Å². The second-order valence-corrected chi connectivity index (χ2v) is 9.30. The van der Waals surface area contributed by atoms with Gasteiger partial charge in [0.05, 0.1) is 53.6 Å². The van der Waals surface area contributed by atoms with Crippen LogP contribution in [0.3, 0.4) is 0 Å². The van der Waals surface area contributed by atoms with Gasteiger partial charge in [0.1, 0.15) is 0 Å². The smallest absolute Gasteiger partial charge is 0.213 e. The van der Waals surface area contributed by atoms with Crippen LogP contribution in [0.1, 0.15) is 5.56 Å². The summed E-state index contributed by atoms with van der Waals surface area (Å²) >= 11 is 0. The van der Waals surface area contributed by atoms with Crippen molar-refractivity contribution in [2.45, 2.75) is 13.0 Å². The van der Waals surface area contributed by atoms with Gasteiger partial charge in [-0.25, -0.2) is 0 Å². The molecule has 0 aliphatic carbocycles. The number of pyridine rings is 1. The summed E-state index contributed by atoms with van der Waals surface area (Å²) in [5, 5.41) is 6.45. The molecule has 38 heavy (non-hydrogen) atoms. The van der Waals surface area contributed by atoms with Gasteiger partial charge in [0, 0.05) is 23.3 Å². The third-order valence-corrected chi connectivity index (χ3v) is 7.59. The zero-order valence-electron chi connectivity index (χ0n) is 22.4. The topological polar surface area (TPSA) is 59.3 Å². The second kappa shape index (κ2) is 9.17. The summed E-state index contributed by atoms with van der Waals surface area (Å²) in [7, 11) is 9.98. The summed E-state index contributed by atoms with van der Waals surface area (Å²) in [6, 6.07) is 14.6. The number of hydrogen-bond acceptors (Lipinski definition) is 6. The second-order valence-electron chi connectivity index (χ2n) is 9.30. The molecule has 7 nitrogen and oxygen atoms in total.